The topological polar surface area (TPSA) is 105 Å². The van der Waals surface area contributed by atoms with Crippen molar-refractivity contribution in [3.05, 3.63) is 57.6 Å². The first-order chi connectivity index (χ1) is 14.4. The number of amides is 2. The Morgan fingerprint density at radius 2 is 1.83 bits per heavy atom. The molecule has 0 atom stereocenters. The van der Waals surface area contributed by atoms with E-state index < -0.39 is 10.8 Å². The molecule has 0 radical (unpaired) electrons. The van der Waals surface area contributed by atoms with Gasteiger partial charge in [-0.25, -0.2) is 0 Å². The number of nitro groups is 1. The summed E-state index contributed by atoms with van der Waals surface area (Å²) in [6, 6.07) is 9.72. The zero-order valence-electron chi connectivity index (χ0n) is 16.6. The Hall–Kier alpha value is -3.46. The van der Waals surface area contributed by atoms with Crippen LogP contribution in [0.4, 0.5) is 22.7 Å². The average molecular weight is 410 g/mol. The third-order valence-electron chi connectivity index (χ3n) is 5.47. The second kappa shape index (κ2) is 8.11. The first kappa shape index (κ1) is 19.8. The molecule has 1 saturated heterocycles. The quantitative estimate of drug-likeness (QED) is 0.614. The number of ether oxygens (including phenoxy) is 1. The lowest BCUT2D eigenvalue weighted by Gasteiger charge is -2.30. The van der Waals surface area contributed by atoms with Gasteiger partial charge in [-0.15, -0.1) is 0 Å². The Morgan fingerprint density at radius 3 is 2.57 bits per heavy atom. The average Bonchev–Trinajstić information content (AvgIpc) is 2.76. The normalized spacial score (nSPS) is 16.2. The maximum absolute atomic E-state index is 13.1. The summed E-state index contributed by atoms with van der Waals surface area (Å²) in [5.74, 6) is -0.355. The number of rotatable bonds is 4. The van der Waals surface area contributed by atoms with E-state index in [-0.39, 0.29) is 17.2 Å². The van der Waals surface area contributed by atoms with Crippen LogP contribution < -0.4 is 15.1 Å². The first-order valence-electron chi connectivity index (χ1n) is 9.76. The number of hydrogen-bond donors (Lipinski definition) is 1. The SMILES string of the molecule is CN1C(=O)CCc2cc(NC(=O)c3cc([N+](=O)[O-])ccc3N3CCOCC3)ccc21. The molecule has 1 fully saturated rings. The predicted molar refractivity (Wildman–Crippen MR) is 112 cm³/mol. The van der Waals surface area contributed by atoms with Crippen molar-refractivity contribution in [3.63, 3.8) is 0 Å². The van der Waals surface area contributed by atoms with E-state index in [4.69, 9.17) is 4.74 Å². The van der Waals surface area contributed by atoms with Gasteiger partial charge in [-0.05, 0) is 36.2 Å². The molecule has 0 spiro atoms. The molecule has 0 unspecified atom stereocenters. The number of morpholine rings is 1. The summed E-state index contributed by atoms with van der Waals surface area (Å²) in [4.78, 5) is 39.3. The molecule has 2 aromatic carbocycles. The van der Waals surface area contributed by atoms with Crippen LogP contribution in [0, 0.1) is 10.1 Å². The molecule has 0 aromatic heterocycles. The van der Waals surface area contributed by atoms with Crippen molar-refractivity contribution in [2.75, 3.05) is 48.5 Å². The summed E-state index contributed by atoms with van der Waals surface area (Å²) in [6.07, 6.45) is 1.03. The Bertz CT molecular complexity index is 1020. The number of non-ortho nitro benzene ring substituents is 1. The second-order valence-electron chi connectivity index (χ2n) is 7.31. The summed E-state index contributed by atoms with van der Waals surface area (Å²) in [6.45, 7) is 2.29. The summed E-state index contributed by atoms with van der Waals surface area (Å²) < 4.78 is 5.37. The highest BCUT2D eigenvalue weighted by atomic mass is 16.6. The molecule has 30 heavy (non-hydrogen) atoms. The van der Waals surface area contributed by atoms with E-state index in [2.05, 4.69) is 5.32 Å². The van der Waals surface area contributed by atoms with Crippen LogP contribution in [0.25, 0.3) is 0 Å². The molecule has 2 aliphatic rings. The van der Waals surface area contributed by atoms with Crippen molar-refractivity contribution in [1.29, 1.82) is 0 Å². The molecule has 2 amide bonds. The maximum atomic E-state index is 13.1. The predicted octanol–water partition coefficient (Wildman–Crippen LogP) is 2.59. The van der Waals surface area contributed by atoms with E-state index in [1.807, 2.05) is 11.0 Å². The summed E-state index contributed by atoms with van der Waals surface area (Å²) >= 11 is 0. The Morgan fingerprint density at radius 1 is 1.10 bits per heavy atom. The van der Waals surface area contributed by atoms with Crippen molar-refractivity contribution in [2.45, 2.75) is 12.8 Å². The van der Waals surface area contributed by atoms with Crippen LogP contribution in [0.3, 0.4) is 0 Å². The van der Waals surface area contributed by atoms with E-state index in [0.717, 1.165) is 11.3 Å². The zero-order chi connectivity index (χ0) is 21.3. The van der Waals surface area contributed by atoms with Gasteiger partial charge >= 0.3 is 0 Å². The first-order valence-corrected chi connectivity index (χ1v) is 9.76. The van der Waals surface area contributed by atoms with Gasteiger partial charge in [-0.2, -0.15) is 0 Å². The molecule has 0 bridgehead atoms. The standard InChI is InChI=1S/C21H22N4O5/c1-23-18-5-3-15(12-14(18)2-7-20(23)26)22-21(27)17-13-16(25(28)29)4-6-19(17)24-8-10-30-11-9-24/h3-6,12-13H,2,7-11H2,1H3,(H,22,27). The number of carbonyl (C=O) groups is 2. The Labute approximate surface area is 173 Å². The number of nitro benzene ring substituents is 1. The molecule has 0 saturated carbocycles. The number of benzene rings is 2. The third-order valence-corrected chi connectivity index (χ3v) is 5.47. The minimum atomic E-state index is -0.508. The van der Waals surface area contributed by atoms with Crippen LogP contribution in [0.2, 0.25) is 0 Å². The van der Waals surface area contributed by atoms with Crippen molar-refractivity contribution < 1.29 is 19.2 Å². The van der Waals surface area contributed by atoms with E-state index >= 15 is 0 Å². The summed E-state index contributed by atoms with van der Waals surface area (Å²) in [5.41, 5.74) is 3.14. The number of anilines is 3. The second-order valence-corrected chi connectivity index (χ2v) is 7.31. The smallest absolute Gasteiger partial charge is 0.270 e. The highest BCUT2D eigenvalue weighted by molar-refractivity contribution is 6.09. The Balaban J connectivity index is 1.63. The molecular formula is C21H22N4O5. The molecule has 9 heteroatoms. The van der Waals surface area contributed by atoms with Crippen molar-refractivity contribution in [1.82, 2.24) is 0 Å². The molecule has 4 rings (SSSR count). The van der Waals surface area contributed by atoms with E-state index in [1.54, 1.807) is 30.1 Å². The van der Waals surface area contributed by atoms with Gasteiger partial charge in [-0.1, -0.05) is 0 Å². The van der Waals surface area contributed by atoms with Gasteiger partial charge in [0.2, 0.25) is 5.91 Å². The number of nitrogens with zero attached hydrogens (tertiary/aromatic N) is 3. The van der Waals surface area contributed by atoms with Crippen LogP contribution >= 0.6 is 0 Å². The van der Waals surface area contributed by atoms with Crippen molar-refractivity contribution >= 4 is 34.6 Å². The van der Waals surface area contributed by atoms with Gasteiger partial charge in [0.1, 0.15) is 0 Å². The summed E-state index contributed by atoms with van der Waals surface area (Å²) in [5, 5.41) is 14.1. The number of nitrogens with one attached hydrogen (secondary N) is 1. The number of fused-ring (bicyclic) bond motifs is 1. The highest BCUT2D eigenvalue weighted by Crippen LogP contribution is 2.31. The van der Waals surface area contributed by atoms with Gasteiger partial charge < -0.3 is 19.9 Å². The van der Waals surface area contributed by atoms with E-state index in [9.17, 15) is 19.7 Å². The largest absolute Gasteiger partial charge is 0.378 e. The molecule has 1 N–H and O–H groups in total. The molecule has 2 heterocycles. The lowest BCUT2D eigenvalue weighted by molar-refractivity contribution is -0.384. The fourth-order valence-electron chi connectivity index (χ4n) is 3.83. The molecule has 0 aliphatic carbocycles. The van der Waals surface area contributed by atoms with Crippen LogP contribution in [-0.4, -0.2) is 50.1 Å². The lowest BCUT2D eigenvalue weighted by Crippen LogP contribution is -2.37. The Kier molecular flexibility index (Phi) is 5.37. The molecule has 2 aromatic rings. The highest BCUT2D eigenvalue weighted by Gasteiger charge is 2.24. The fraction of sp³-hybridized carbons (Fsp3) is 0.333. The monoisotopic (exact) mass is 410 g/mol. The third kappa shape index (κ3) is 3.84. The van der Waals surface area contributed by atoms with Crippen molar-refractivity contribution in [3.8, 4) is 0 Å². The van der Waals surface area contributed by atoms with E-state index in [0.29, 0.717) is 50.5 Å². The minimum absolute atomic E-state index is 0.0611. The molecule has 9 nitrogen and oxygen atoms in total. The van der Waals surface area contributed by atoms with Gasteiger partial charge in [0.05, 0.1) is 29.4 Å². The minimum Gasteiger partial charge on any atom is -0.378 e. The molecular weight excluding hydrogens is 388 g/mol. The maximum Gasteiger partial charge on any atom is 0.270 e. The van der Waals surface area contributed by atoms with Crippen LogP contribution in [0.1, 0.15) is 22.3 Å². The van der Waals surface area contributed by atoms with Gasteiger partial charge in [-0.3, -0.25) is 19.7 Å². The molecule has 2 aliphatic heterocycles. The van der Waals surface area contributed by atoms with Gasteiger partial charge in [0.15, 0.2) is 0 Å². The summed E-state index contributed by atoms with van der Waals surface area (Å²) in [7, 11) is 1.73. The van der Waals surface area contributed by atoms with Gasteiger partial charge in [0, 0.05) is 50.1 Å². The number of hydrogen-bond acceptors (Lipinski definition) is 6. The van der Waals surface area contributed by atoms with Crippen LogP contribution in [0.5, 0.6) is 0 Å². The number of aryl methyl sites for hydroxylation is 1. The van der Waals surface area contributed by atoms with Crippen molar-refractivity contribution in [2.24, 2.45) is 0 Å². The van der Waals surface area contributed by atoms with Crippen LogP contribution in [0.15, 0.2) is 36.4 Å². The number of carbonyl (C=O) groups excluding carboxylic acids is 2. The zero-order valence-corrected chi connectivity index (χ0v) is 16.6. The lowest BCUT2D eigenvalue weighted by atomic mass is 10.0. The van der Waals surface area contributed by atoms with Crippen LogP contribution in [-0.2, 0) is 16.0 Å². The van der Waals surface area contributed by atoms with E-state index in [1.165, 1.54) is 12.1 Å². The fourth-order valence-corrected chi connectivity index (χ4v) is 3.83. The molecule has 156 valence electrons. The van der Waals surface area contributed by atoms with Gasteiger partial charge in [0.25, 0.3) is 11.6 Å².